The largest absolute Gasteiger partial charge is 0.308 e. The lowest BCUT2D eigenvalue weighted by Gasteiger charge is -2.11. The van der Waals surface area contributed by atoms with Crippen molar-refractivity contribution in [3.8, 4) is 0 Å². The highest BCUT2D eigenvalue weighted by molar-refractivity contribution is 14.1. The molecule has 106 valence electrons. The van der Waals surface area contributed by atoms with Gasteiger partial charge in [0.2, 0.25) is 5.78 Å². The lowest BCUT2D eigenvalue weighted by molar-refractivity contribution is 0.102. The Bertz CT molecular complexity index is 607. The van der Waals surface area contributed by atoms with Crippen LogP contribution >= 0.6 is 38.5 Å². The second kappa shape index (κ2) is 6.82. The highest BCUT2D eigenvalue weighted by Crippen LogP contribution is 2.20. The number of ketones is 1. The average molecular weight is 448 g/mol. The van der Waals surface area contributed by atoms with Gasteiger partial charge in [-0.15, -0.1) is 0 Å². The Hall–Kier alpha value is -0.730. The number of benzene rings is 1. The molecule has 0 aliphatic heterocycles. The van der Waals surface area contributed by atoms with Gasteiger partial charge in [-0.25, -0.2) is 0 Å². The van der Waals surface area contributed by atoms with Crippen LogP contribution in [0.15, 0.2) is 34.9 Å². The molecule has 2 aromatic rings. The zero-order valence-electron chi connectivity index (χ0n) is 11.3. The van der Waals surface area contributed by atoms with Crippen LogP contribution in [0.4, 0.5) is 0 Å². The molecular formula is C14H15BrIN3O. The Morgan fingerprint density at radius 3 is 2.60 bits per heavy atom. The highest BCUT2D eigenvalue weighted by atomic mass is 127. The van der Waals surface area contributed by atoms with Crippen LogP contribution in [0, 0.1) is 3.57 Å². The van der Waals surface area contributed by atoms with Crippen molar-refractivity contribution in [3.05, 3.63) is 49.8 Å². The molecular weight excluding hydrogens is 433 g/mol. The third-order valence-electron chi connectivity index (χ3n) is 2.88. The Morgan fingerprint density at radius 1 is 1.35 bits per heavy atom. The summed E-state index contributed by atoms with van der Waals surface area (Å²) in [5.41, 5.74) is 1.28. The number of carbonyl (C=O) groups excluding carboxylic acids is 1. The molecule has 0 unspecified atom stereocenters. The van der Waals surface area contributed by atoms with E-state index >= 15 is 0 Å². The Balaban J connectivity index is 2.29. The van der Waals surface area contributed by atoms with Crippen molar-refractivity contribution in [1.82, 2.24) is 14.7 Å². The van der Waals surface area contributed by atoms with Crippen LogP contribution < -0.4 is 0 Å². The number of carbonyl (C=O) groups is 1. The van der Waals surface area contributed by atoms with E-state index in [2.05, 4.69) is 48.5 Å². The molecule has 0 fully saturated rings. The predicted octanol–water partition coefficient (Wildman–Crippen LogP) is 3.04. The summed E-state index contributed by atoms with van der Waals surface area (Å²) < 4.78 is 3.60. The van der Waals surface area contributed by atoms with Gasteiger partial charge in [0, 0.05) is 15.7 Å². The second-order valence-electron chi connectivity index (χ2n) is 4.70. The van der Waals surface area contributed by atoms with E-state index in [0.29, 0.717) is 17.8 Å². The summed E-state index contributed by atoms with van der Waals surface area (Å²) in [6.07, 6.45) is 1.68. The number of hydrogen-bond donors (Lipinski definition) is 0. The van der Waals surface area contributed by atoms with Crippen molar-refractivity contribution in [1.29, 1.82) is 0 Å². The first-order valence-electron chi connectivity index (χ1n) is 6.15. The van der Waals surface area contributed by atoms with E-state index in [1.165, 1.54) is 0 Å². The Kier molecular flexibility index (Phi) is 5.34. The zero-order valence-corrected chi connectivity index (χ0v) is 15.1. The molecule has 0 saturated carbocycles. The van der Waals surface area contributed by atoms with Crippen LogP contribution in [-0.4, -0.2) is 41.1 Å². The maximum absolute atomic E-state index is 12.6. The summed E-state index contributed by atoms with van der Waals surface area (Å²) in [5.74, 6) is -0.00969. The lowest BCUT2D eigenvalue weighted by Crippen LogP contribution is -2.21. The van der Waals surface area contributed by atoms with Gasteiger partial charge < -0.3 is 4.90 Å². The number of aromatic nitrogens is 2. The molecule has 2 rings (SSSR count). The second-order valence-corrected chi connectivity index (χ2v) is 6.80. The Labute approximate surface area is 140 Å². The van der Waals surface area contributed by atoms with Gasteiger partial charge >= 0.3 is 0 Å². The normalized spacial score (nSPS) is 11.1. The first-order chi connectivity index (χ1) is 9.49. The van der Waals surface area contributed by atoms with E-state index in [1.807, 2.05) is 38.4 Å². The van der Waals surface area contributed by atoms with Gasteiger partial charge in [-0.3, -0.25) is 9.48 Å². The van der Waals surface area contributed by atoms with Crippen molar-refractivity contribution >= 4 is 44.3 Å². The minimum Gasteiger partial charge on any atom is -0.308 e. The van der Waals surface area contributed by atoms with E-state index in [4.69, 9.17) is 0 Å². The molecule has 0 aliphatic rings. The van der Waals surface area contributed by atoms with Crippen molar-refractivity contribution in [3.63, 3.8) is 0 Å². The van der Waals surface area contributed by atoms with Gasteiger partial charge in [0.25, 0.3) is 0 Å². The van der Waals surface area contributed by atoms with Gasteiger partial charge in [-0.1, -0.05) is 0 Å². The fourth-order valence-corrected chi connectivity index (χ4v) is 2.63. The van der Waals surface area contributed by atoms with E-state index in [9.17, 15) is 4.79 Å². The molecule has 6 heteroatoms. The lowest BCUT2D eigenvalue weighted by atomic mass is 10.1. The molecule has 0 bridgehead atoms. The monoisotopic (exact) mass is 447 g/mol. The smallest absolute Gasteiger partial charge is 0.212 e. The number of nitrogens with zero attached hydrogens (tertiary/aromatic N) is 3. The molecule has 0 spiro atoms. The fraction of sp³-hybridized carbons (Fsp3) is 0.286. The minimum atomic E-state index is -0.00969. The molecule has 1 heterocycles. The summed E-state index contributed by atoms with van der Waals surface area (Å²) >= 11 is 5.64. The number of rotatable bonds is 5. The Morgan fingerprint density at radius 2 is 2.00 bits per heavy atom. The molecule has 1 aromatic carbocycles. The summed E-state index contributed by atoms with van der Waals surface area (Å²) in [7, 11) is 4.00. The molecule has 1 aromatic heterocycles. The van der Waals surface area contributed by atoms with Gasteiger partial charge in [0.15, 0.2) is 0 Å². The number of likely N-dealkylation sites (N-methyl/N-ethyl adjacent to an activating group) is 1. The first-order valence-corrected chi connectivity index (χ1v) is 8.02. The maximum Gasteiger partial charge on any atom is 0.212 e. The highest BCUT2D eigenvalue weighted by Gasteiger charge is 2.18. The van der Waals surface area contributed by atoms with Crippen LogP contribution in [0.3, 0.4) is 0 Å². The fourth-order valence-electron chi connectivity index (χ4n) is 1.79. The van der Waals surface area contributed by atoms with Crippen molar-refractivity contribution in [2.24, 2.45) is 0 Å². The van der Waals surface area contributed by atoms with E-state index in [0.717, 1.165) is 14.6 Å². The quantitative estimate of drug-likeness (QED) is 0.522. The van der Waals surface area contributed by atoms with Gasteiger partial charge in [-0.05, 0) is 76.9 Å². The van der Waals surface area contributed by atoms with Gasteiger partial charge in [0.05, 0.1) is 17.2 Å². The SMILES string of the molecule is CN(C)CCn1ncc(Br)c1C(=O)c1ccc(I)cc1. The number of halogens is 2. The van der Waals surface area contributed by atoms with Crippen LogP contribution in [0.1, 0.15) is 16.1 Å². The van der Waals surface area contributed by atoms with Gasteiger partial charge in [0.1, 0.15) is 5.69 Å². The van der Waals surface area contributed by atoms with Gasteiger partial charge in [-0.2, -0.15) is 5.10 Å². The van der Waals surface area contributed by atoms with E-state index in [-0.39, 0.29) is 5.78 Å². The summed E-state index contributed by atoms with van der Waals surface area (Å²) in [5, 5.41) is 4.27. The van der Waals surface area contributed by atoms with Crippen LogP contribution in [0.5, 0.6) is 0 Å². The van der Waals surface area contributed by atoms with E-state index in [1.54, 1.807) is 10.9 Å². The standard InChI is InChI=1S/C14H15BrIN3O/c1-18(2)7-8-19-13(12(15)9-17-19)14(20)10-3-5-11(16)6-4-10/h3-6,9H,7-8H2,1-2H3. The molecule has 4 nitrogen and oxygen atoms in total. The topological polar surface area (TPSA) is 38.1 Å². The summed E-state index contributed by atoms with van der Waals surface area (Å²) in [6.45, 7) is 1.52. The number of hydrogen-bond acceptors (Lipinski definition) is 3. The van der Waals surface area contributed by atoms with Crippen LogP contribution in [-0.2, 0) is 6.54 Å². The molecule has 0 amide bonds. The molecule has 0 atom stereocenters. The zero-order chi connectivity index (χ0) is 14.7. The van der Waals surface area contributed by atoms with E-state index < -0.39 is 0 Å². The first kappa shape index (κ1) is 15.7. The average Bonchev–Trinajstić information content (AvgIpc) is 2.77. The molecule has 0 aliphatic carbocycles. The summed E-state index contributed by atoms with van der Waals surface area (Å²) in [6, 6.07) is 7.56. The maximum atomic E-state index is 12.6. The predicted molar refractivity (Wildman–Crippen MR) is 91.1 cm³/mol. The molecule has 20 heavy (non-hydrogen) atoms. The van der Waals surface area contributed by atoms with Crippen molar-refractivity contribution in [2.45, 2.75) is 6.54 Å². The third-order valence-corrected chi connectivity index (χ3v) is 4.17. The van der Waals surface area contributed by atoms with Crippen molar-refractivity contribution < 1.29 is 4.79 Å². The summed E-state index contributed by atoms with van der Waals surface area (Å²) in [4.78, 5) is 14.7. The minimum absolute atomic E-state index is 0.00969. The molecule has 0 saturated heterocycles. The van der Waals surface area contributed by atoms with Crippen molar-refractivity contribution in [2.75, 3.05) is 20.6 Å². The van der Waals surface area contributed by atoms with Crippen LogP contribution in [0.2, 0.25) is 0 Å². The molecule has 0 radical (unpaired) electrons. The van der Waals surface area contributed by atoms with Crippen LogP contribution in [0.25, 0.3) is 0 Å². The molecule has 0 N–H and O–H groups in total. The third kappa shape index (κ3) is 3.67.